The number of benzene rings is 1. The molecule has 120 valence electrons. The van der Waals surface area contributed by atoms with Crippen molar-refractivity contribution in [2.24, 2.45) is 5.73 Å². The highest BCUT2D eigenvalue weighted by atomic mass is 16.5. The van der Waals surface area contributed by atoms with Gasteiger partial charge in [-0.05, 0) is 19.1 Å². The lowest BCUT2D eigenvalue weighted by molar-refractivity contribution is -0.146. The highest BCUT2D eigenvalue weighted by Crippen LogP contribution is 2.29. The Hall–Kier alpha value is -2.32. The van der Waals surface area contributed by atoms with Gasteiger partial charge in [-0.25, -0.2) is 4.79 Å². The van der Waals surface area contributed by atoms with Gasteiger partial charge in [0.15, 0.2) is 0 Å². The number of likely N-dealkylation sites (tertiary alicyclic amines) is 1. The zero-order valence-electron chi connectivity index (χ0n) is 12.0. The van der Waals surface area contributed by atoms with Crippen molar-refractivity contribution in [2.45, 2.75) is 18.6 Å². The summed E-state index contributed by atoms with van der Waals surface area (Å²) >= 11 is 0. The van der Waals surface area contributed by atoms with E-state index in [1.807, 2.05) is 0 Å². The Kier molecular flexibility index (Phi) is 4.25. The van der Waals surface area contributed by atoms with Crippen LogP contribution in [0.4, 0.5) is 0 Å². The molecule has 0 spiro atoms. The van der Waals surface area contributed by atoms with Crippen molar-refractivity contribution in [3.8, 4) is 11.5 Å². The third kappa shape index (κ3) is 2.97. The van der Waals surface area contributed by atoms with Crippen molar-refractivity contribution < 1.29 is 29.6 Å². The summed E-state index contributed by atoms with van der Waals surface area (Å²) in [6.45, 7) is 1.44. The topological polar surface area (TPSA) is 133 Å². The zero-order valence-corrected chi connectivity index (χ0v) is 12.0. The predicted octanol–water partition coefficient (Wildman–Crippen LogP) is -0.610. The van der Waals surface area contributed by atoms with Crippen LogP contribution in [0, 0.1) is 0 Å². The van der Waals surface area contributed by atoms with Crippen molar-refractivity contribution in [1.29, 1.82) is 0 Å². The Morgan fingerprint density at radius 3 is 2.64 bits per heavy atom. The van der Waals surface area contributed by atoms with Gasteiger partial charge in [0.25, 0.3) is 0 Å². The molecule has 5 N–H and O–H groups in total. The van der Waals surface area contributed by atoms with Crippen LogP contribution in [0.25, 0.3) is 0 Å². The van der Waals surface area contributed by atoms with Crippen LogP contribution in [-0.4, -0.2) is 63.4 Å². The number of phenols is 1. The summed E-state index contributed by atoms with van der Waals surface area (Å²) < 4.78 is 5.51. The third-order valence-corrected chi connectivity index (χ3v) is 3.46. The molecule has 1 amide bonds. The van der Waals surface area contributed by atoms with Crippen LogP contribution in [0.5, 0.6) is 11.5 Å². The number of aromatic carboxylic acids is 1. The van der Waals surface area contributed by atoms with Crippen LogP contribution >= 0.6 is 0 Å². The SMILES string of the molecule is C[C@](N)(CO)C(=O)N1CC(Oc2cccc(O)c2C(=O)O)C1. The number of nitrogens with two attached hydrogens (primary N) is 1. The first kappa shape index (κ1) is 16.1. The molecule has 8 heteroatoms. The molecule has 0 aliphatic carbocycles. The molecule has 1 saturated heterocycles. The molecule has 1 aliphatic heterocycles. The molecule has 1 aliphatic rings. The monoisotopic (exact) mass is 310 g/mol. The molecular weight excluding hydrogens is 292 g/mol. The van der Waals surface area contributed by atoms with Gasteiger partial charge in [0, 0.05) is 0 Å². The molecule has 0 saturated carbocycles. The summed E-state index contributed by atoms with van der Waals surface area (Å²) in [5.74, 6) is -2.03. The first-order valence-electron chi connectivity index (χ1n) is 6.67. The van der Waals surface area contributed by atoms with Crippen LogP contribution in [0.2, 0.25) is 0 Å². The number of carboxylic acids is 1. The number of aliphatic hydroxyl groups excluding tert-OH is 1. The van der Waals surface area contributed by atoms with E-state index < -0.39 is 30.1 Å². The molecule has 2 rings (SSSR count). The van der Waals surface area contributed by atoms with Crippen molar-refractivity contribution in [2.75, 3.05) is 19.7 Å². The van der Waals surface area contributed by atoms with Gasteiger partial charge >= 0.3 is 5.97 Å². The Bertz CT molecular complexity index is 595. The minimum absolute atomic E-state index is 0.0438. The Morgan fingerprint density at radius 1 is 1.45 bits per heavy atom. The second-order valence-electron chi connectivity index (χ2n) is 5.48. The summed E-state index contributed by atoms with van der Waals surface area (Å²) in [5, 5.41) is 27.7. The molecule has 1 aromatic rings. The van der Waals surface area contributed by atoms with Crippen LogP contribution in [0.3, 0.4) is 0 Å². The van der Waals surface area contributed by atoms with E-state index in [4.69, 9.17) is 20.7 Å². The van der Waals surface area contributed by atoms with E-state index in [1.165, 1.54) is 30.0 Å². The minimum Gasteiger partial charge on any atom is -0.507 e. The molecule has 1 heterocycles. The number of hydrogen-bond donors (Lipinski definition) is 4. The van der Waals surface area contributed by atoms with Gasteiger partial charge in [-0.1, -0.05) is 6.07 Å². The van der Waals surface area contributed by atoms with E-state index in [0.29, 0.717) is 0 Å². The van der Waals surface area contributed by atoms with E-state index in [2.05, 4.69) is 0 Å². The number of ether oxygens (including phenoxy) is 1. The number of rotatable bonds is 5. The molecule has 0 bridgehead atoms. The fraction of sp³-hybridized carbons (Fsp3) is 0.429. The molecule has 1 fully saturated rings. The quantitative estimate of drug-likeness (QED) is 0.570. The van der Waals surface area contributed by atoms with Crippen molar-refractivity contribution >= 4 is 11.9 Å². The van der Waals surface area contributed by atoms with Crippen LogP contribution in [0.1, 0.15) is 17.3 Å². The summed E-state index contributed by atoms with van der Waals surface area (Å²) in [6, 6.07) is 4.17. The zero-order chi connectivity index (χ0) is 16.5. The van der Waals surface area contributed by atoms with Crippen LogP contribution in [0.15, 0.2) is 18.2 Å². The molecular formula is C14H18N2O6. The second kappa shape index (κ2) is 5.82. The molecule has 22 heavy (non-hydrogen) atoms. The average molecular weight is 310 g/mol. The number of carbonyl (C=O) groups excluding carboxylic acids is 1. The summed E-state index contributed by atoms with van der Waals surface area (Å²) in [7, 11) is 0. The molecule has 0 unspecified atom stereocenters. The van der Waals surface area contributed by atoms with E-state index in [0.717, 1.165) is 0 Å². The standard InChI is InChI=1S/C14H18N2O6/c1-14(15,7-17)13(21)16-5-8(6-16)22-10-4-2-3-9(18)11(10)12(19)20/h2-4,8,17-18H,5-7,15H2,1H3,(H,19,20)/t14-/m0/s1. The van der Waals surface area contributed by atoms with E-state index in [9.17, 15) is 14.7 Å². The molecule has 1 aromatic carbocycles. The fourth-order valence-electron chi connectivity index (χ4n) is 2.12. The maximum absolute atomic E-state index is 12.0. The lowest BCUT2D eigenvalue weighted by Crippen LogP contribution is -2.64. The number of carbonyl (C=O) groups is 2. The Morgan fingerprint density at radius 2 is 2.09 bits per heavy atom. The maximum atomic E-state index is 12.0. The van der Waals surface area contributed by atoms with E-state index >= 15 is 0 Å². The van der Waals surface area contributed by atoms with E-state index in [1.54, 1.807) is 0 Å². The van der Waals surface area contributed by atoms with Gasteiger partial charge < -0.3 is 30.7 Å². The maximum Gasteiger partial charge on any atom is 0.343 e. The van der Waals surface area contributed by atoms with Gasteiger partial charge in [-0.15, -0.1) is 0 Å². The molecule has 0 radical (unpaired) electrons. The van der Waals surface area contributed by atoms with Gasteiger partial charge in [-0.2, -0.15) is 0 Å². The third-order valence-electron chi connectivity index (χ3n) is 3.46. The first-order chi connectivity index (χ1) is 10.3. The highest BCUT2D eigenvalue weighted by Gasteiger charge is 2.40. The Labute approximate surface area is 126 Å². The molecule has 0 aromatic heterocycles. The van der Waals surface area contributed by atoms with Gasteiger partial charge in [0.2, 0.25) is 5.91 Å². The molecule has 1 atom stereocenters. The van der Waals surface area contributed by atoms with Gasteiger partial charge in [-0.3, -0.25) is 4.79 Å². The number of hydrogen-bond acceptors (Lipinski definition) is 6. The number of carboxylic acid groups (broad SMARTS) is 1. The second-order valence-corrected chi connectivity index (χ2v) is 5.48. The van der Waals surface area contributed by atoms with Gasteiger partial charge in [0.1, 0.15) is 28.7 Å². The fourth-order valence-corrected chi connectivity index (χ4v) is 2.12. The lowest BCUT2D eigenvalue weighted by Gasteiger charge is -2.42. The first-order valence-corrected chi connectivity index (χ1v) is 6.67. The smallest absolute Gasteiger partial charge is 0.343 e. The predicted molar refractivity (Wildman–Crippen MR) is 75.7 cm³/mol. The lowest BCUT2D eigenvalue weighted by atomic mass is 10.00. The normalized spacial score (nSPS) is 17.5. The van der Waals surface area contributed by atoms with Gasteiger partial charge in [0.05, 0.1) is 19.7 Å². The minimum atomic E-state index is -1.35. The highest BCUT2D eigenvalue weighted by molar-refractivity contribution is 5.94. The summed E-state index contributed by atoms with van der Waals surface area (Å²) in [4.78, 5) is 24.5. The summed E-state index contributed by atoms with van der Waals surface area (Å²) in [5.41, 5.74) is 4.00. The van der Waals surface area contributed by atoms with E-state index in [-0.39, 0.29) is 30.2 Å². The Balaban J connectivity index is 2.01. The van der Waals surface area contributed by atoms with Crippen LogP contribution in [-0.2, 0) is 4.79 Å². The van der Waals surface area contributed by atoms with Crippen LogP contribution < -0.4 is 10.5 Å². The number of aromatic hydroxyl groups is 1. The number of aliphatic hydroxyl groups is 1. The summed E-state index contributed by atoms with van der Waals surface area (Å²) in [6.07, 6.45) is -0.390. The molecule has 8 nitrogen and oxygen atoms in total. The van der Waals surface area contributed by atoms with Crippen molar-refractivity contribution in [1.82, 2.24) is 4.90 Å². The number of nitrogens with zero attached hydrogens (tertiary/aromatic N) is 1. The number of amides is 1. The van der Waals surface area contributed by atoms with Crippen molar-refractivity contribution in [3.05, 3.63) is 23.8 Å². The van der Waals surface area contributed by atoms with Crippen molar-refractivity contribution in [3.63, 3.8) is 0 Å². The average Bonchev–Trinajstić information content (AvgIpc) is 2.41. The largest absolute Gasteiger partial charge is 0.507 e.